The van der Waals surface area contributed by atoms with E-state index in [4.69, 9.17) is 0 Å². The van der Waals surface area contributed by atoms with E-state index in [1.54, 1.807) is 9.13 Å². The average molecular weight is 424 g/mol. The zero-order valence-electron chi connectivity index (χ0n) is 17.9. The summed E-state index contributed by atoms with van der Waals surface area (Å²) in [4.78, 5) is 39.8. The summed E-state index contributed by atoms with van der Waals surface area (Å²) in [5, 5.41) is 5.82. The summed E-state index contributed by atoms with van der Waals surface area (Å²) >= 11 is 0. The third-order valence-corrected chi connectivity index (χ3v) is 8.19. The summed E-state index contributed by atoms with van der Waals surface area (Å²) in [6.45, 7) is 5.61. The van der Waals surface area contributed by atoms with Gasteiger partial charge in [-0.15, -0.1) is 0 Å². The Balaban J connectivity index is 1.32. The molecule has 3 heterocycles. The van der Waals surface area contributed by atoms with Gasteiger partial charge in [-0.25, -0.2) is 4.79 Å². The molecule has 164 valence electrons. The number of piperidine rings is 1. The number of nitrogens with one attached hydrogen (secondary N) is 2. The van der Waals surface area contributed by atoms with Crippen molar-refractivity contribution >= 4 is 22.8 Å². The van der Waals surface area contributed by atoms with Gasteiger partial charge in [0, 0.05) is 51.6 Å². The molecule has 2 saturated heterocycles. The highest BCUT2D eigenvalue weighted by atomic mass is 16.2. The molecule has 2 saturated carbocycles. The maximum Gasteiger partial charge on any atom is 0.329 e. The molecule has 0 radical (unpaired) electrons. The van der Waals surface area contributed by atoms with Crippen LogP contribution in [0.2, 0.25) is 0 Å². The first kappa shape index (κ1) is 19.3. The Kier molecular flexibility index (Phi) is 4.21. The number of rotatable bonds is 4. The summed E-state index contributed by atoms with van der Waals surface area (Å²) in [6.07, 6.45) is 3.01. The van der Waals surface area contributed by atoms with Crippen LogP contribution in [-0.2, 0) is 22.1 Å². The number of hydrogen-bond donors (Lipinski definition) is 2. The Morgan fingerprint density at radius 2 is 1.94 bits per heavy atom. The van der Waals surface area contributed by atoms with E-state index >= 15 is 0 Å². The first-order chi connectivity index (χ1) is 15.0. The van der Waals surface area contributed by atoms with E-state index in [-0.39, 0.29) is 29.3 Å². The lowest BCUT2D eigenvalue weighted by molar-refractivity contribution is -0.135. The van der Waals surface area contributed by atoms with Crippen LogP contribution in [0.5, 0.6) is 0 Å². The second kappa shape index (κ2) is 6.77. The topological polar surface area (TPSA) is 88.4 Å². The normalized spacial score (nSPS) is 33.1. The number of piperazine rings is 1. The molecule has 4 aliphatic rings. The predicted octanol–water partition coefficient (Wildman–Crippen LogP) is 0.501. The van der Waals surface area contributed by atoms with Gasteiger partial charge in [-0.2, -0.15) is 0 Å². The monoisotopic (exact) mass is 423 g/mol. The van der Waals surface area contributed by atoms with E-state index in [1.807, 2.05) is 19.2 Å². The third-order valence-electron chi connectivity index (χ3n) is 8.19. The molecule has 2 aromatic rings. The van der Waals surface area contributed by atoms with E-state index in [0.29, 0.717) is 12.3 Å². The van der Waals surface area contributed by atoms with Gasteiger partial charge in [-0.05, 0) is 42.7 Å². The second-order valence-corrected chi connectivity index (χ2v) is 9.83. The molecular weight excluding hydrogens is 394 g/mol. The smallest absolute Gasteiger partial charge is 0.314 e. The average Bonchev–Trinajstić information content (AvgIpc) is 3.30. The molecule has 8 heteroatoms. The second-order valence-electron chi connectivity index (χ2n) is 9.83. The van der Waals surface area contributed by atoms with Gasteiger partial charge in [-0.3, -0.25) is 24.0 Å². The van der Waals surface area contributed by atoms with Crippen LogP contribution in [0.1, 0.15) is 37.3 Å². The Hall–Kier alpha value is -2.45. The quantitative estimate of drug-likeness (QED) is 0.700. The highest BCUT2D eigenvalue weighted by molar-refractivity contribution is 6.00. The number of imidazole rings is 1. The van der Waals surface area contributed by atoms with Crippen molar-refractivity contribution in [2.24, 2.45) is 18.9 Å². The van der Waals surface area contributed by atoms with Crippen LogP contribution in [0.25, 0.3) is 11.0 Å². The summed E-state index contributed by atoms with van der Waals surface area (Å²) in [7, 11) is 1.81. The molecular formula is C23H29N5O3. The summed E-state index contributed by atoms with van der Waals surface area (Å²) < 4.78 is 3.31. The van der Waals surface area contributed by atoms with Gasteiger partial charge in [0.1, 0.15) is 6.04 Å². The van der Waals surface area contributed by atoms with Crippen molar-refractivity contribution < 1.29 is 9.59 Å². The molecule has 1 aromatic heterocycles. The van der Waals surface area contributed by atoms with E-state index in [2.05, 4.69) is 21.6 Å². The number of para-hydroxylation sites is 1. The Labute approximate surface area is 180 Å². The largest absolute Gasteiger partial charge is 0.329 e. The van der Waals surface area contributed by atoms with Gasteiger partial charge in [0.2, 0.25) is 11.8 Å². The van der Waals surface area contributed by atoms with Crippen LogP contribution in [-0.4, -0.2) is 58.6 Å². The molecule has 1 aromatic carbocycles. The number of fused-ring (bicyclic) bond motifs is 2. The minimum absolute atomic E-state index is 0.178. The zero-order chi connectivity index (χ0) is 21.3. The summed E-state index contributed by atoms with van der Waals surface area (Å²) in [5.41, 5.74) is 3.05. The van der Waals surface area contributed by atoms with Crippen LogP contribution < -0.4 is 16.3 Å². The molecule has 2 unspecified atom stereocenters. The van der Waals surface area contributed by atoms with Crippen molar-refractivity contribution in [2.45, 2.75) is 37.1 Å². The molecule has 4 atom stereocenters. The molecule has 2 aliphatic heterocycles. The van der Waals surface area contributed by atoms with Crippen LogP contribution in [0.3, 0.4) is 0 Å². The number of nitrogens with zero attached hydrogens (tertiary/aromatic N) is 3. The number of carbonyl (C=O) groups excluding carboxylic acids is 2. The van der Waals surface area contributed by atoms with Crippen molar-refractivity contribution in [1.82, 2.24) is 24.7 Å². The number of aryl methyl sites for hydroxylation is 1. The first-order valence-electron chi connectivity index (χ1n) is 11.5. The van der Waals surface area contributed by atoms with Crippen LogP contribution >= 0.6 is 0 Å². The van der Waals surface area contributed by atoms with E-state index in [9.17, 15) is 14.4 Å². The number of amides is 2. The standard InChI is InChI=1S/C23H29N5O3/c1-26-20-15(23-11-14(16(23)12-23)13-27-9-7-24-8-10-27)3-2-4-17(20)28(22(26)31)18-5-6-19(29)25-21(18)30/h2-4,14,16,18,24H,5-13H2,1H3,(H,25,29,30)/t14-,16?,18?,23-/m0/s1. The molecule has 6 rings (SSSR count). The molecule has 2 N–H and O–H groups in total. The number of benzene rings is 1. The number of imide groups is 1. The molecule has 4 fully saturated rings. The highest BCUT2D eigenvalue weighted by Crippen LogP contribution is 2.72. The lowest BCUT2D eigenvalue weighted by atomic mass is 9.70. The highest BCUT2D eigenvalue weighted by Gasteiger charge is 2.68. The lowest BCUT2D eigenvalue weighted by Gasteiger charge is -2.40. The molecule has 8 nitrogen and oxygen atoms in total. The maximum atomic E-state index is 13.2. The molecule has 31 heavy (non-hydrogen) atoms. The van der Waals surface area contributed by atoms with E-state index < -0.39 is 6.04 Å². The van der Waals surface area contributed by atoms with Crippen LogP contribution in [0.15, 0.2) is 23.0 Å². The number of hydrogen-bond acceptors (Lipinski definition) is 5. The SMILES string of the molecule is Cn1c(=O)n(C2CCC(=O)NC2=O)c2cccc([C@]34CC3[C@H](CN3CCNCC3)C4)c21. The lowest BCUT2D eigenvalue weighted by Crippen LogP contribution is -2.47. The molecule has 2 amide bonds. The van der Waals surface area contributed by atoms with Gasteiger partial charge >= 0.3 is 5.69 Å². The minimum Gasteiger partial charge on any atom is -0.314 e. The number of aromatic nitrogens is 2. The fourth-order valence-corrected chi connectivity index (χ4v) is 6.54. The van der Waals surface area contributed by atoms with Gasteiger partial charge in [-0.1, -0.05) is 12.1 Å². The number of carbonyl (C=O) groups is 2. The zero-order valence-corrected chi connectivity index (χ0v) is 17.9. The summed E-state index contributed by atoms with van der Waals surface area (Å²) in [5.74, 6) is 0.794. The van der Waals surface area contributed by atoms with Gasteiger partial charge in [0.15, 0.2) is 0 Å². The first-order valence-corrected chi connectivity index (χ1v) is 11.5. The Bertz CT molecular complexity index is 1140. The van der Waals surface area contributed by atoms with Crippen molar-refractivity contribution in [3.8, 4) is 0 Å². The fourth-order valence-electron chi connectivity index (χ4n) is 6.54. The van der Waals surface area contributed by atoms with Crippen LogP contribution in [0.4, 0.5) is 0 Å². The van der Waals surface area contributed by atoms with Crippen LogP contribution in [0, 0.1) is 11.8 Å². The van der Waals surface area contributed by atoms with Gasteiger partial charge in [0.25, 0.3) is 0 Å². The fraction of sp³-hybridized carbons (Fsp3) is 0.609. The summed E-state index contributed by atoms with van der Waals surface area (Å²) in [6, 6.07) is 5.51. The van der Waals surface area contributed by atoms with E-state index in [0.717, 1.165) is 43.1 Å². The third kappa shape index (κ3) is 2.77. The maximum absolute atomic E-state index is 13.2. The molecule has 0 spiro atoms. The minimum atomic E-state index is -0.626. The van der Waals surface area contributed by atoms with Gasteiger partial charge in [0.05, 0.1) is 11.0 Å². The van der Waals surface area contributed by atoms with Crippen molar-refractivity contribution in [3.05, 3.63) is 34.2 Å². The predicted molar refractivity (Wildman–Crippen MR) is 116 cm³/mol. The Morgan fingerprint density at radius 1 is 1.13 bits per heavy atom. The molecule has 2 aliphatic carbocycles. The van der Waals surface area contributed by atoms with Crippen molar-refractivity contribution in [1.29, 1.82) is 0 Å². The van der Waals surface area contributed by atoms with Crippen molar-refractivity contribution in [2.75, 3.05) is 32.7 Å². The van der Waals surface area contributed by atoms with Gasteiger partial charge < -0.3 is 10.2 Å². The Morgan fingerprint density at radius 3 is 2.68 bits per heavy atom. The van der Waals surface area contributed by atoms with Crippen molar-refractivity contribution in [3.63, 3.8) is 0 Å². The van der Waals surface area contributed by atoms with E-state index in [1.165, 1.54) is 24.9 Å². The molecule has 0 bridgehead atoms.